The van der Waals surface area contributed by atoms with Crippen LogP contribution in [0.25, 0.3) is 5.65 Å². The lowest BCUT2D eigenvalue weighted by Crippen LogP contribution is -2.42. The summed E-state index contributed by atoms with van der Waals surface area (Å²) in [7, 11) is 0. The van der Waals surface area contributed by atoms with Crippen molar-refractivity contribution in [2.45, 2.75) is 39.7 Å². The Labute approximate surface area is 139 Å². The molecule has 0 saturated carbocycles. The van der Waals surface area contributed by atoms with Gasteiger partial charge < -0.3 is 10.4 Å². The monoisotopic (exact) mass is 337 g/mol. The third kappa shape index (κ3) is 3.82. The van der Waals surface area contributed by atoms with E-state index in [1.165, 1.54) is 0 Å². The molecule has 2 aromatic rings. The summed E-state index contributed by atoms with van der Waals surface area (Å²) in [6, 6.07) is 2.49. The second kappa shape index (κ2) is 7.00. The number of halogens is 1. The van der Waals surface area contributed by atoms with Gasteiger partial charge in [0.05, 0.1) is 10.7 Å². The summed E-state index contributed by atoms with van der Waals surface area (Å²) in [6.07, 6.45) is 2.53. The lowest BCUT2D eigenvalue weighted by molar-refractivity contribution is -0.139. The maximum Gasteiger partial charge on any atom is 0.326 e. The number of pyridine rings is 1. The Morgan fingerprint density at radius 1 is 1.39 bits per heavy atom. The second-order valence-electron chi connectivity index (χ2n) is 5.83. The average molecular weight is 338 g/mol. The van der Waals surface area contributed by atoms with Gasteiger partial charge in [-0.25, -0.2) is 9.78 Å². The Morgan fingerprint density at radius 3 is 2.65 bits per heavy atom. The van der Waals surface area contributed by atoms with Gasteiger partial charge in [0.2, 0.25) is 0 Å². The molecule has 23 heavy (non-hydrogen) atoms. The molecule has 2 heterocycles. The zero-order valence-electron chi connectivity index (χ0n) is 13.3. The van der Waals surface area contributed by atoms with E-state index in [1.54, 1.807) is 22.7 Å². The van der Waals surface area contributed by atoms with E-state index in [0.29, 0.717) is 34.9 Å². The molecule has 124 valence electrons. The maximum atomic E-state index is 12.6. The van der Waals surface area contributed by atoms with E-state index in [9.17, 15) is 14.7 Å². The van der Waals surface area contributed by atoms with Crippen LogP contribution in [0, 0.1) is 5.92 Å². The number of nitrogens with zero attached hydrogens (tertiary/aromatic N) is 2. The molecule has 0 bridgehead atoms. The largest absolute Gasteiger partial charge is 0.480 e. The van der Waals surface area contributed by atoms with Crippen molar-refractivity contribution in [3.63, 3.8) is 0 Å². The van der Waals surface area contributed by atoms with Crippen LogP contribution in [-0.2, 0) is 11.2 Å². The molecule has 7 heteroatoms. The van der Waals surface area contributed by atoms with Gasteiger partial charge in [-0.1, -0.05) is 32.4 Å². The summed E-state index contributed by atoms with van der Waals surface area (Å²) in [6.45, 7) is 5.71. The molecule has 0 fully saturated rings. The highest BCUT2D eigenvalue weighted by molar-refractivity contribution is 6.30. The summed E-state index contributed by atoms with van der Waals surface area (Å²) < 4.78 is 1.60. The fourth-order valence-corrected chi connectivity index (χ4v) is 2.63. The molecule has 0 aliphatic carbocycles. The zero-order chi connectivity index (χ0) is 17.1. The van der Waals surface area contributed by atoms with Gasteiger partial charge in [-0.3, -0.25) is 9.20 Å². The smallest absolute Gasteiger partial charge is 0.326 e. The van der Waals surface area contributed by atoms with Crippen molar-refractivity contribution in [1.29, 1.82) is 0 Å². The van der Waals surface area contributed by atoms with E-state index in [1.807, 2.05) is 20.8 Å². The number of rotatable bonds is 6. The van der Waals surface area contributed by atoms with Gasteiger partial charge in [0.1, 0.15) is 17.4 Å². The van der Waals surface area contributed by atoms with Gasteiger partial charge >= 0.3 is 5.97 Å². The number of aryl methyl sites for hydroxylation is 1. The van der Waals surface area contributed by atoms with Crippen molar-refractivity contribution in [2.24, 2.45) is 5.92 Å². The minimum atomic E-state index is -1.04. The van der Waals surface area contributed by atoms with Crippen molar-refractivity contribution >= 4 is 29.1 Å². The summed E-state index contributed by atoms with van der Waals surface area (Å²) >= 11 is 6.00. The number of aromatic nitrogens is 2. The first kappa shape index (κ1) is 17.3. The van der Waals surface area contributed by atoms with E-state index in [0.717, 1.165) is 0 Å². The first-order chi connectivity index (χ1) is 10.8. The molecule has 0 saturated heterocycles. The number of hydrogen-bond acceptors (Lipinski definition) is 3. The lowest BCUT2D eigenvalue weighted by atomic mass is 10.0. The fraction of sp³-hybridized carbons (Fsp3) is 0.438. The first-order valence-electron chi connectivity index (χ1n) is 7.53. The molecule has 1 amide bonds. The lowest BCUT2D eigenvalue weighted by Gasteiger charge is -2.16. The third-order valence-electron chi connectivity index (χ3n) is 3.52. The molecule has 2 rings (SSSR count). The number of aliphatic carboxylic acids is 1. The Bertz CT molecular complexity index is 739. The molecule has 1 atom stereocenters. The third-order valence-corrected chi connectivity index (χ3v) is 3.74. The number of hydrogen-bond donors (Lipinski definition) is 2. The summed E-state index contributed by atoms with van der Waals surface area (Å²) in [5, 5.41) is 12.4. The molecule has 0 radical (unpaired) electrons. The van der Waals surface area contributed by atoms with Crippen LogP contribution in [0.15, 0.2) is 18.3 Å². The van der Waals surface area contributed by atoms with Crippen LogP contribution >= 0.6 is 11.6 Å². The van der Waals surface area contributed by atoms with Gasteiger partial charge in [0, 0.05) is 6.20 Å². The highest BCUT2D eigenvalue weighted by atomic mass is 35.5. The van der Waals surface area contributed by atoms with Gasteiger partial charge in [-0.2, -0.15) is 0 Å². The van der Waals surface area contributed by atoms with Gasteiger partial charge in [0.25, 0.3) is 5.91 Å². The van der Waals surface area contributed by atoms with Crippen molar-refractivity contribution in [3.05, 3.63) is 34.7 Å². The minimum Gasteiger partial charge on any atom is -0.480 e. The van der Waals surface area contributed by atoms with Gasteiger partial charge in [-0.15, -0.1) is 0 Å². The molecule has 1 unspecified atom stereocenters. The van der Waals surface area contributed by atoms with E-state index in [4.69, 9.17) is 11.6 Å². The Hall–Kier alpha value is -2.08. The fourth-order valence-electron chi connectivity index (χ4n) is 2.47. The van der Waals surface area contributed by atoms with E-state index in [2.05, 4.69) is 10.3 Å². The SMILES string of the molecule is CCc1nc2ccc(Cl)cn2c1C(=O)NC(CC(C)C)C(=O)O. The molecule has 2 aromatic heterocycles. The summed E-state index contributed by atoms with van der Waals surface area (Å²) in [5.74, 6) is -1.35. The number of nitrogens with one attached hydrogen (secondary N) is 1. The normalized spacial score (nSPS) is 12.6. The quantitative estimate of drug-likeness (QED) is 0.849. The van der Waals surface area contributed by atoms with Crippen molar-refractivity contribution in [1.82, 2.24) is 14.7 Å². The van der Waals surface area contributed by atoms with Crippen molar-refractivity contribution in [3.8, 4) is 0 Å². The van der Waals surface area contributed by atoms with E-state index in [-0.39, 0.29) is 5.92 Å². The van der Waals surface area contributed by atoms with Crippen LogP contribution in [0.1, 0.15) is 43.4 Å². The Kier molecular flexibility index (Phi) is 5.26. The first-order valence-corrected chi connectivity index (χ1v) is 7.91. The van der Waals surface area contributed by atoms with Crippen LogP contribution in [0.4, 0.5) is 0 Å². The molecule has 6 nitrogen and oxygen atoms in total. The Morgan fingerprint density at radius 2 is 2.09 bits per heavy atom. The highest BCUT2D eigenvalue weighted by Gasteiger charge is 2.25. The van der Waals surface area contributed by atoms with Crippen LogP contribution < -0.4 is 5.32 Å². The molecule has 0 aliphatic heterocycles. The van der Waals surface area contributed by atoms with Gasteiger partial charge in [0.15, 0.2) is 0 Å². The predicted molar refractivity (Wildman–Crippen MR) is 87.9 cm³/mol. The van der Waals surface area contributed by atoms with Crippen molar-refractivity contribution < 1.29 is 14.7 Å². The van der Waals surface area contributed by atoms with Crippen LogP contribution in [-0.4, -0.2) is 32.4 Å². The molecular weight excluding hydrogens is 318 g/mol. The number of amides is 1. The highest BCUT2D eigenvalue weighted by Crippen LogP contribution is 2.18. The van der Waals surface area contributed by atoms with Gasteiger partial charge in [-0.05, 0) is 30.9 Å². The summed E-state index contributed by atoms with van der Waals surface area (Å²) in [5.41, 5.74) is 1.55. The van der Waals surface area contributed by atoms with Crippen LogP contribution in [0.3, 0.4) is 0 Å². The molecule has 2 N–H and O–H groups in total. The number of carbonyl (C=O) groups is 2. The van der Waals surface area contributed by atoms with Crippen LogP contribution in [0.2, 0.25) is 5.02 Å². The second-order valence-corrected chi connectivity index (χ2v) is 6.27. The molecule has 0 aromatic carbocycles. The standard InChI is InChI=1S/C16H20ClN3O3/c1-4-11-14(20-8-10(17)5-6-13(20)18-11)15(21)19-12(16(22)23)7-9(2)3/h5-6,8-9,12H,4,7H2,1-3H3,(H,19,21)(H,22,23). The number of carbonyl (C=O) groups excluding carboxylic acids is 1. The van der Waals surface area contributed by atoms with Crippen molar-refractivity contribution in [2.75, 3.05) is 0 Å². The zero-order valence-corrected chi connectivity index (χ0v) is 14.1. The number of imidazole rings is 1. The van der Waals surface area contributed by atoms with Crippen LogP contribution in [0.5, 0.6) is 0 Å². The number of carboxylic acid groups (broad SMARTS) is 1. The number of carboxylic acids is 1. The topological polar surface area (TPSA) is 83.7 Å². The molecule has 0 aliphatic rings. The molecular formula is C16H20ClN3O3. The maximum absolute atomic E-state index is 12.6. The minimum absolute atomic E-state index is 0.152. The van der Waals surface area contributed by atoms with E-state index >= 15 is 0 Å². The number of fused-ring (bicyclic) bond motifs is 1. The predicted octanol–water partition coefficient (Wildman–Crippen LogP) is 2.78. The average Bonchev–Trinajstić information content (AvgIpc) is 2.83. The Balaban J connectivity index is 2.39. The molecule has 0 spiro atoms. The summed E-state index contributed by atoms with van der Waals surface area (Å²) in [4.78, 5) is 28.4. The van der Waals surface area contributed by atoms with E-state index < -0.39 is 17.9 Å².